The Balaban J connectivity index is 1.93. The zero-order valence-electron chi connectivity index (χ0n) is 8.20. The Morgan fingerprint density at radius 2 is 1.93 bits per heavy atom. The van der Waals surface area contributed by atoms with Crippen LogP contribution in [0.5, 0.6) is 0 Å². The predicted octanol–water partition coefficient (Wildman–Crippen LogP) is 0.357. The van der Waals surface area contributed by atoms with Crippen molar-refractivity contribution in [2.24, 2.45) is 0 Å². The van der Waals surface area contributed by atoms with Crippen LogP contribution < -0.4 is 0 Å². The molecule has 0 unspecified atom stereocenters. The van der Waals surface area contributed by atoms with E-state index in [9.17, 15) is 9.59 Å². The maximum atomic E-state index is 11.5. The zero-order chi connectivity index (χ0) is 9.97. The molecule has 0 bridgehead atoms. The summed E-state index contributed by atoms with van der Waals surface area (Å²) < 4.78 is 5.07. The topological polar surface area (TPSA) is 46.6 Å². The number of nitrogens with zero attached hydrogens (tertiary/aromatic N) is 1. The van der Waals surface area contributed by atoms with Gasteiger partial charge in [-0.1, -0.05) is 0 Å². The molecule has 0 aromatic carbocycles. The molecule has 2 fully saturated rings. The summed E-state index contributed by atoms with van der Waals surface area (Å²) in [5.74, 6) is 0.414. The summed E-state index contributed by atoms with van der Waals surface area (Å²) in [6.07, 6.45) is 2.94. The molecule has 4 nitrogen and oxygen atoms in total. The van der Waals surface area contributed by atoms with E-state index in [4.69, 9.17) is 4.74 Å². The van der Waals surface area contributed by atoms with E-state index in [-0.39, 0.29) is 18.6 Å². The Bertz CT molecular complexity index is 242. The molecule has 1 aliphatic heterocycles. The molecule has 0 radical (unpaired) electrons. The second kappa shape index (κ2) is 4.09. The van der Waals surface area contributed by atoms with Crippen molar-refractivity contribution in [3.05, 3.63) is 0 Å². The van der Waals surface area contributed by atoms with Crippen molar-refractivity contribution in [1.29, 1.82) is 0 Å². The van der Waals surface area contributed by atoms with Gasteiger partial charge in [0.1, 0.15) is 12.4 Å². The van der Waals surface area contributed by atoms with Gasteiger partial charge in [-0.3, -0.25) is 9.59 Å². The molecule has 0 N–H and O–H groups in total. The molecular formula is C10H15NO3. The number of amides is 1. The van der Waals surface area contributed by atoms with Crippen molar-refractivity contribution in [1.82, 2.24) is 4.90 Å². The third-order valence-electron chi connectivity index (χ3n) is 2.98. The van der Waals surface area contributed by atoms with E-state index in [2.05, 4.69) is 0 Å². The number of carbonyl (C=O) groups excluding carboxylic acids is 2. The molecule has 1 heterocycles. The smallest absolute Gasteiger partial charge is 0.248 e. The Hall–Kier alpha value is -0.900. The van der Waals surface area contributed by atoms with Crippen molar-refractivity contribution < 1.29 is 14.3 Å². The monoisotopic (exact) mass is 197 g/mol. The molecule has 1 saturated heterocycles. The highest BCUT2D eigenvalue weighted by atomic mass is 16.5. The van der Waals surface area contributed by atoms with Crippen LogP contribution in [0.15, 0.2) is 0 Å². The van der Waals surface area contributed by atoms with Crippen molar-refractivity contribution in [3.8, 4) is 0 Å². The molecule has 78 valence electrons. The van der Waals surface area contributed by atoms with E-state index >= 15 is 0 Å². The molecular weight excluding hydrogens is 182 g/mol. The number of morpholine rings is 1. The fourth-order valence-electron chi connectivity index (χ4n) is 2.15. The summed E-state index contributed by atoms with van der Waals surface area (Å²) in [6.45, 7) is 1.54. The standard InChI is InChI=1S/C10H15NO3/c12-9-3-1-8(2-4-9)11-5-6-14-7-10(11)13/h8H,1-7H2. The molecule has 4 heteroatoms. The fraction of sp³-hybridized carbons (Fsp3) is 0.800. The average Bonchev–Trinajstić information content (AvgIpc) is 2.20. The van der Waals surface area contributed by atoms with Gasteiger partial charge in [-0.05, 0) is 12.8 Å². The van der Waals surface area contributed by atoms with E-state index in [0.717, 1.165) is 12.8 Å². The van der Waals surface area contributed by atoms with Crippen LogP contribution in [0.4, 0.5) is 0 Å². The summed E-state index contributed by atoms with van der Waals surface area (Å²) in [4.78, 5) is 24.4. The van der Waals surface area contributed by atoms with Crippen LogP contribution in [0.2, 0.25) is 0 Å². The largest absolute Gasteiger partial charge is 0.370 e. The molecule has 0 aromatic heterocycles. The molecule has 2 rings (SSSR count). The van der Waals surface area contributed by atoms with Gasteiger partial charge in [0.05, 0.1) is 6.61 Å². The minimum Gasteiger partial charge on any atom is -0.370 e. The normalized spacial score (nSPS) is 25.6. The van der Waals surface area contributed by atoms with Crippen LogP contribution in [-0.2, 0) is 14.3 Å². The molecule has 1 aliphatic carbocycles. The van der Waals surface area contributed by atoms with Gasteiger partial charge in [0.25, 0.3) is 0 Å². The molecule has 1 amide bonds. The number of hydrogen-bond acceptors (Lipinski definition) is 3. The van der Waals surface area contributed by atoms with Gasteiger partial charge < -0.3 is 9.64 Å². The highest BCUT2D eigenvalue weighted by Gasteiger charge is 2.29. The maximum Gasteiger partial charge on any atom is 0.248 e. The number of Topliss-reactive ketones (excluding diaryl/α,β-unsaturated/α-hetero) is 1. The molecule has 0 aromatic rings. The number of ether oxygens (including phenoxy) is 1. The number of hydrogen-bond donors (Lipinski definition) is 0. The van der Waals surface area contributed by atoms with Crippen molar-refractivity contribution in [3.63, 3.8) is 0 Å². The number of ketones is 1. The van der Waals surface area contributed by atoms with Crippen molar-refractivity contribution in [2.45, 2.75) is 31.7 Å². The number of rotatable bonds is 1. The van der Waals surface area contributed by atoms with Crippen LogP contribution in [0.3, 0.4) is 0 Å². The fourth-order valence-corrected chi connectivity index (χ4v) is 2.15. The first-order valence-electron chi connectivity index (χ1n) is 5.16. The SMILES string of the molecule is O=C1CCC(N2CCOCC2=O)CC1. The average molecular weight is 197 g/mol. The lowest BCUT2D eigenvalue weighted by atomic mass is 9.93. The van der Waals surface area contributed by atoms with E-state index in [1.807, 2.05) is 4.90 Å². The summed E-state index contributed by atoms with van der Waals surface area (Å²) >= 11 is 0. The lowest BCUT2D eigenvalue weighted by molar-refractivity contribution is -0.147. The second-order valence-corrected chi connectivity index (χ2v) is 3.91. The van der Waals surface area contributed by atoms with E-state index in [1.54, 1.807) is 0 Å². The minimum absolute atomic E-state index is 0.0793. The lowest BCUT2D eigenvalue weighted by Gasteiger charge is -2.36. The molecule has 0 spiro atoms. The Morgan fingerprint density at radius 1 is 1.21 bits per heavy atom. The molecule has 2 aliphatic rings. The second-order valence-electron chi connectivity index (χ2n) is 3.91. The maximum absolute atomic E-state index is 11.5. The summed E-state index contributed by atoms with van der Waals surface area (Å²) in [5.41, 5.74) is 0. The Kier molecular flexibility index (Phi) is 2.82. The van der Waals surface area contributed by atoms with E-state index < -0.39 is 0 Å². The Morgan fingerprint density at radius 3 is 2.57 bits per heavy atom. The highest BCUT2D eigenvalue weighted by Crippen LogP contribution is 2.21. The quantitative estimate of drug-likeness (QED) is 0.609. The van der Waals surface area contributed by atoms with Crippen molar-refractivity contribution in [2.75, 3.05) is 19.8 Å². The first-order valence-corrected chi connectivity index (χ1v) is 5.16. The zero-order valence-corrected chi connectivity index (χ0v) is 8.20. The number of carbonyl (C=O) groups is 2. The summed E-state index contributed by atoms with van der Waals surface area (Å²) in [6, 6.07) is 0.282. The first-order chi connectivity index (χ1) is 6.77. The van der Waals surface area contributed by atoms with E-state index in [1.165, 1.54) is 0 Å². The first kappa shape index (κ1) is 9.65. The van der Waals surface area contributed by atoms with Gasteiger partial charge in [0.15, 0.2) is 0 Å². The van der Waals surface area contributed by atoms with E-state index in [0.29, 0.717) is 31.8 Å². The summed E-state index contributed by atoms with van der Waals surface area (Å²) in [7, 11) is 0. The molecule has 14 heavy (non-hydrogen) atoms. The Labute approximate surface area is 83.2 Å². The van der Waals surface area contributed by atoms with Crippen LogP contribution >= 0.6 is 0 Å². The van der Waals surface area contributed by atoms with Crippen LogP contribution in [0.1, 0.15) is 25.7 Å². The molecule has 1 saturated carbocycles. The minimum atomic E-state index is 0.0793. The van der Waals surface area contributed by atoms with Crippen molar-refractivity contribution >= 4 is 11.7 Å². The highest BCUT2D eigenvalue weighted by molar-refractivity contribution is 5.81. The van der Waals surface area contributed by atoms with Crippen LogP contribution in [0, 0.1) is 0 Å². The van der Waals surface area contributed by atoms with Gasteiger partial charge in [0, 0.05) is 25.4 Å². The molecule has 0 atom stereocenters. The van der Waals surface area contributed by atoms with Gasteiger partial charge in [-0.25, -0.2) is 0 Å². The van der Waals surface area contributed by atoms with Gasteiger partial charge in [-0.15, -0.1) is 0 Å². The third-order valence-corrected chi connectivity index (χ3v) is 2.98. The van der Waals surface area contributed by atoms with Gasteiger partial charge >= 0.3 is 0 Å². The van der Waals surface area contributed by atoms with Gasteiger partial charge in [-0.2, -0.15) is 0 Å². The summed E-state index contributed by atoms with van der Waals surface area (Å²) in [5, 5.41) is 0. The van der Waals surface area contributed by atoms with Gasteiger partial charge in [0.2, 0.25) is 5.91 Å². The van der Waals surface area contributed by atoms with Crippen LogP contribution in [0.25, 0.3) is 0 Å². The predicted molar refractivity (Wildman–Crippen MR) is 49.8 cm³/mol. The lowest BCUT2D eigenvalue weighted by Crippen LogP contribution is -2.48. The van der Waals surface area contributed by atoms with Crippen LogP contribution in [-0.4, -0.2) is 42.4 Å². The third kappa shape index (κ3) is 1.95.